The molecule has 0 bridgehead atoms. The fraction of sp³-hybridized carbons (Fsp3) is 0.714. The van der Waals surface area contributed by atoms with Crippen molar-refractivity contribution in [1.29, 1.82) is 0 Å². The Labute approximate surface area is 110 Å². The summed E-state index contributed by atoms with van der Waals surface area (Å²) < 4.78 is 0. The first kappa shape index (κ1) is 13.3. The SMILES string of the molecule is CC1CCCC(CNc2cccnn2)(N(C)C)C1. The first-order chi connectivity index (χ1) is 8.62. The summed E-state index contributed by atoms with van der Waals surface area (Å²) in [6.07, 6.45) is 6.91. The smallest absolute Gasteiger partial charge is 0.148 e. The van der Waals surface area contributed by atoms with E-state index in [4.69, 9.17) is 0 Å². The number of nitrogens with zero attached hydrogens (tertiary/aromatic N) is 3. The average Bonchev–Trinajstić information content (AvgIpc) is 2.37. The Kier molecular flexibility index (Phi) is 4.17. The van der Waals surface area contributed by atoms with Crippen LogP contribution in [0.5, 0.6) is 0 Å². The number of nitrogens with one attached hydrogen (secondary N) is 1. The summed E-state index contributed by atoms with van der Waals surface area (Å²) >= 11 is 0. The van der Waals surface area contributed by atoms with E-state index in [9.17, 15) is 0 Å². The first-order valence-electron chi connectivity index (χ1n) is 6.81. The van der Waals surface area contributed by atoms with Gasteiger partial charge >= 0.3 is 0 Å². The van der Waals surface area contributed by atoms with E-state index in [0.717, 1.165) is 18.3 Å². The van der Waals surface area contributed by atoms with Crippen molar-refractivity contribution in [1.82, 2.24) is 15.1 Å². The van der Waals surface area contributed by atoms with Crippen molar-refractivity contribution in [2.75, 3.05) is 26.0 Å². The van der Waals surface area contributed by atoms with Gasteiger partial charge in [0.25, 0.3) is 0 Å². The summed E-state index contributed by atoms with van der Waals surface area (Å²) in [6.45, 7) is 3.31. The topological polar surface area (TPSA) is 41.1 Å². The second-order valence-electron chi connectivity index (χ2n) is 5.78. The number of aromatic nitrogens is 2. The predicted molar refractivity (Wildman–Crippen MR) is 74.6 cm³/mol. The minimum atomic E-state index is 0.259. The molecule has 4 nitrogen and oxygen atoms in total. The van der Waals surface area contributed by atoms with Crippen LogP contribution in [0.1, 0.15) is 32.6 Å². The van der Waals surface area contributed by atoms with Crippen LogP contribution in [0.25, 0.3) is 0 Å². The molecule has 1 aromatic rings. The highest BCUT2D eigenvalue weighted by Gasteiger charge is 2.36. The van der Waals surface area contributed by atoms with Crippen LogP contribution in [-0.4, -0.2) is 41.3 Å². The lowest BCUT2D eigenvalue weighted by Crippen LogP contribution is -2.52. The van der Waals surface area contributed by atoms with Gasteiger partial charge in [-0.05, 0) is 45.0 Å². The molecule has 4 heteroatoms. The molecule has 0 amide bonds. The van der Waals surface area contributed by atoms with Gasteiger partial charge in [0.15, 0.2) is 0 Å². The first-order valence-corrected chi connectivity index (χ1v) is 6.81. The summed E-state index contributed by atoms with van der Waals surface area (Å²) in [5, 5.41) is 11.4. The summed E-state index contributed by atoms with van der Waals surface area (Å²) in [4.78, 5) is 2.38. The van der Waals surface area contributed by atoms with Crippen LogP contribution in [0.4, 0.5) is 5.82 Å². The largest absolute Gasteiger partial charge is 0.367 e. The van der Waals surface area contributed by atoms with E-state index >= 15 is 0 Å². The van der Waals surface area contributed by atoms with Crippen LogP contribution in [0.2, 0.25) is 0 Å². The Morgan fingerprint density at radius 1 is 1.50 bits per heavy atom. The molecule has 0 spiro atoms. The molecule has 0 aliphatic heterocycles. The lowest BCUT2D eigenvalue weighted by Gasteiger charge is -2.45. The Morgan fingerprint density at radius 2 is 2.33 bits per heavy atom. The molecule has 0 aromatic carbocycles. The molecule has 2 atom stereocenters. The molecule has 0 radical (unpaired) electrons. The highest BCUT2D eigenvalue weighted by Crippen LogP contribution is 2.35. The molecule has 1 aromatic heterocycles. The Bertz CT molecular complexity index is 365. The minimum Gasteiger partial charge on any atom is -0.367 e. The number of hydrogen-bond acceptors (Lipinski definition) is 4. The van der Waals surface area contributed by atoms with Crippen LogP contribution in [-0.2, 0) is 0 Å². The predicted octanol–water partition coefficient (Wildman–Crippen LogP) is 2.40. The number of hydrogen-bond donors (Lipinski definition) is 1. The molecule has 18 heavy (non-hydrogen) atoms. The highest BCUT2D eigenvalue weighted by molar-refractivity contribution is 5.32. The van der Waals surface area contributed by atoms with Crippen LogP contribution < -0.4 is 5.32 Å². The zero-order chi connectivity index (χ0) is 13.0. The van der Waals surface area contributed by atoms with E-state index in [1.54, 1.807) is 6.20 Å². The standard InChI is InChI=1S/C14H24N4/c1-12-6-4-8-14(10-12,18(2)3)11-15-13-7-5-9-16-17-13/h5,7,9,12H,4,6,8,10-11H2,1-3H3,(H,15,17). The van der Waals surface area contributed by atoms with Gasteiger partial charge in [-0.1, -0.05) is 19.8 Å². The summed E-state index contributed by atoms with van der Waals surface area (Å²) in [6, 6.07) is 3.89. The zero-order valence-electron chi connectivity index (χ0n) is 11.7. The molecule has 1 heterocycles. The molecular formula is C14H24N4. The fourth-order valence-electron chi connectivity index (χ4n) is 3.01. The zero-order valence-corrected chi connectivity index (χ0v) is 11.7. The van der Waals surface area contributed by atoms with Crippen LogP contribution in [0.3, 0.4) is 0 Å². The maximum absolute atomic E-state index is 4.09. The van der Waals surface area contributed by atoms with Gasteiger partial charge in [0.1, 0.15) is 5.82 Å². The molecule has 1 N–H and O–H groups in total. The van der Waals surface area contributed by atoms with Crippen molar-refractivity contribution in [3.8, 4) is 0 Å². The third kappa shape index (κ3) is 2.99. The molecule has 1 aliphatic carbocycles. The second kappa shape index (κ2) is 5.65. The number of anilines is 1. The van der Waals surface area contributed by atoms with Gasteiger partial charge in [0, 0.05) is 18.3 Å². The van der Waals surface area contributed by atoms with E-state index in [-0.39, 0.29) is 5.54 Å². The van der Waals surface area contributed by atoms with Crippen molar-refractivity contribution >= 4 is 5.82 Å². The number of rotatable bonds is 4. The van der Waals surface area contributed by atoms with Crippen LogP contribution in [0.15, 0.2) is 18.3 Å². The van der Waals surface area contributed by atoms with E-state index in [0.29, 0.717) is 0 Å². The molecule has 2 rings (SSSR count). The summed E-state index contributed by atoms with van der Waals surface area (Å²) in [5.41, 5.74) is 0.259. The quantitative estimate of drug-likeness (QED) is 0.888. The Balaban J connectivity index is 2.02. The van der Waals surface area contributed by atoms with E-state index in [1.807, 2.05) is 12.1 Å². The second-order valence-corrected chi connectivity index (χ2v) is 5.78. The van der Waals surface area contributed by atoms with Crippen LogP contribution >= 0.6 is 0 Å². The fourth-order valence-corrected chi connectivity index (χ4v) is 3.01. The van der Waals surface area contributed by atoms with E-state index in [2.05, 4.69) is 41.4 Å². The van der Waals surface area contributed by atoms with Gasteiger partial charge in [-0.2, -0.15) is 5.10 Å². The third-order valence-corrected chi connectivity index (χ3v) is 4.19. The van der Waals surface area contributed by atoms with Gasteiger partial charge in [0.05, 0.1) is 0 Å². The molecule has 1 fully saturated rings. The van der Waals surface area contributed by atoms with Gasteiger partial charge in [-0.3, -0.25) is 0 Å². The van der Waals surface area contributed by atoms with Gasteiger partial charge in [-0.15, -0.1) is 5.10 Å². The number of likely N-dealkylation sites (N-methyl/N-ethyl adjacent to an activating group) is 1. The van der Waals surface area contributed by atoms with Gasteiger partial charge in [0.2, 0.25) is 0 Å². The van der Waals surface area contributed by atoms with Gasteiger partial charge < -0.3 is 10.2 Å². The normalized spacial score (nSPS) is 28.3. The highest BCUT2D eigenvalue weighted by atomic mass is 15.2. The molecule has 100 valence electrons. The lowest BCUT2D eigenvalue weighted by atomic mass is 9.75. The minimum absolute atomic E-state index is 0.259. The Morgan fingerprint density at radius 3 is 2.94 bits per heavy atom. The van der Waals surface area contributed by atoms with Crippen molar-refractivity contribution in [2.45, 2.75) is 38.1 Å². The van der Waals surface area contributed by atoms with Crippen molar-refractivity contribution < 1.29 is 0 Å². The molecular weight excluding hydrogens is 224 g/mol. The maximum Gasteiger partial charge on any atom is 0.148 e. The van der Waals surface area contributed by atoms with Gasteiger partial charge in [-0.25, -0.2) is 0 Å². The van der Waals surface area contributed by atoms with Crippen LogP contribution in [0, 0.1) is 5.92 Å². The van der Waals surface area contributed by atoms with Crippen molar-refractivity contribution in [2.24, 2.45) is 5.92 Å². The average molecular weight is 248 g/mol. The third-order valence-electron chi connectivity index (χ3n) is 4.19. The molecule has 0 saturated heterocycles. The Hall–Kier alpha value is -1.16. The summed E-state index contributed by atoms with van der Waals surface area (Å²) in [7, 11) is 4.38. The molecule has 1 aliphatic rings. The monoisotopic (exact) mass is 248 g/mol. The van der Waals surface area contributed by atoms with Crippen molar-refractivity contribution in [3.63, 3.8) is 0 Å². The van der Waals surface area contributed by atoms with Crippen molar-refractivity contribution in [3.05, 3.63) is 18.3 Å². The maximum atomic E-state index is 4.09. The molecule has 1 saturated carbocycles. The van der Waals surface area contributed by atoms with E-state index < -0.39 is 0 Å². The molecule has 2 unspecified atom stereocenters. The van der Waals surface area contributed by atoms with E-state index in [1.165, 1.54) is 25.7 Å². The summed E-state index contributed by atoms with van der Waals surface area (Å²) in [5.74, 6) is 1.68. The lowest BCUT2D eigenvalue weighted by molar-refractivity contribution is 0.0881.